The van der Waals surface area contributed by atoms with Gasteiger partial charge in [0.25, 0.3) is 0 Å². The van der Waals surface area contributed by atoms with Crippen LogP contribution in [0.15, 0.2) is 24.5 Å². The summed E-state index contributed by atoms with van der Waals surface area (Å²) in [7, 11) is 0. The van der Waals surface area contributed by atoms with E-state index in [1.54, 1.807) is 6.20 Å². The molecule has 1 aromatic rings. The van der Waals surface area contributed by atoms with Crippen molar-refractivity contribution in [2.45, 2.75) is 26.3 Å². The van der Waals surface area contributed by atoms with Gasteiger partial charge in [-0.15, -0.1) is 0 Å². The summed E-state index contributed by atoms with van der Waals surface area (Å²) >= 11 is 0. The summed E-state index contributed by atoms with van der Waals surface area (Å²) in [4.78, 5) is 15.4. The third kappa shape index (κ3) is 8.29. The summed E-state index contributed by atoms with van der Waals surface area (Å²) in [5, 5.41) is 6.18. The number of ether oxygens (including phenoxy) is 1. The molecule has 2 N–H and O–H groups in total. The highest BCUT2D eigenvalue weighted by Crippen LogP contribution is 1.93. The lowest BCUT2D eigenvalue weighted by Gasteiger charge is -2.06. The normalized spacial score (nSPS) is 10.4. The van der Waals surface area contributed by atoms with Crippen LogP contribution in [-0.4, -0.2) is 37.2 Å². The van der Waals surface area contributed by atoms with E-state index in [4.69, 9.17) is 4.74 Å². The van der Waals surface area contributed by atoms with Gasteiger partial charge in [0, 0.05) is 38.5 Å². The zero-order valence-corrected chi connectivity index (χ0v) is 11.5. The van der Waals surface area contributed by atoms with Crippen molar-refractivity contribution in [3.8, 4) is 0 Å². The number of hydrogen-bond acceptors (Lipinski definition) is 4. The van der Waals surface area contributed by atoms with Crippen LogP contribution in [0.3, 0.4) is 0 Å². The molecule has 5 heteroatoms. The van der Waals surface area contributed by atoms with E-state index in [1.165, 1.54) is 5.56 Å². The lowest BCUT2D eigenvalue weighted by Crippen LogP contribution is -2.28. The molecule has 0 saturated carbocycles. The smallest absolute Gasteiger partial charge is 0.222 e. The maximum Gasteiger partial charge on any atom is 0.222 e. The lowest BCUT2D eigenvalue weighted by molar-refractivity contribution is -0.122. The van der Waals surface area contributed by atoms with E-state index in [2.05, 4.69) is 15.6 Å². The molecule has 0 aliphatic heterocycles. The lowest BCUT2D eigenvalue weighted by atomic mass is 10.3. The van der Waals surface area contributed by atoms with Gasteiger partial charge in [-0.3, -0.25) is 9.78 Å². The molecule has 0 aliphatic rings. The number of nitrogens with one attached hydrogen (secondary N) is 2. The van der Waals surface area contributed by atoms with Crippen molar-refractivity contribution in [3.63, 3.8) is 0 Å². The van der Waals surface area contributed by atoms with Gasteiger partial charge < -0.3 is 15.4 Å². The van der Waals surface area contributed by atoms with E-state index in [0.29, 0.717) is 26.2 Å². The SMILES string of the molecule is CCOCCC(=O)NCCCNCc1cccnc1. The highest BCUT2D eigenvalue weighted by atomic mass is 16.5. The van der Waals surface area contributed by atoms with Crippen LogP contribution in [0.5, 0.6) is 0 Å². The molecule has 5 nitrogen and oxygen atoms in total. The van der Waals surface area contributed by atoms with Gasteiger partial charge in [-0.1, -0.05) is 6.07 Å². The van der Waals surface area contributed by atoms with Gasteiger partial charge in [0.15, 0.2) is 0 Å². The number of pyridine rings is 1. The third-order valence-electron chi connectivity index (χ3n) is 2.58. The largest absolute Gasteiger partial charge is 0.381 e. The van der Waals surface area contributed by atoms with Crippen molar-refractivity contribution < 1.29 is 9.53 Å². The minimum atomic E-state index is 0.0562. The first-order valence-corrected chi connectivity index (χ1v) is 6.77. The molecule has 0 saturated heterocycles. The van der Waals surface area contributed by atoms with Crippen molar-refractivity contribution in [1.29, 1.82) is 0 Å². The summed E-state index contributed by atoms with van der Waals surface area (Å²) in [6.45, 7) is 5.47. The average molecular weight is 265 g/mol. The molecule has 0 aromatic carbocycles. The molecule has 1 amide bonds. The number of carbonyl (C=O) groups excluding carboxylic acids is 1. The molecule has 1 rings (SSSR count). The Morgan fingerprint density at radius 3 is 3.05 bits per heavy atom. The van der Waals surface area contributed by atoms with Crippen molar-refractivity contribution in [2.75, 3.05) is 26.3 Å². The van der Waals surface area contributed by atoms with Crippen LogP contribution in [0.25, 0.3) is 0 Å². The standard InChI is InChI=1S/C14H23N3O2/c1-2-19-10-6-14(18)17-9-4-8-16-12-13-5-3-7-15-11-13/h3,5,7,11,16H,2,4,6,8-10,12H2,1H3,(H,17,18). The highest BCUT2D eigenvalue weighted by Gasteiger charge is 1.99. The number of nitrogens with zero attached hydrogens (tertiary/aromatic N) is 1. The van der Waals surface area contributed by atoms with Gasteiger partial charge in [-0.05, 0) is 31.5 Å². The van der Waals surface area contributed by atoms with E-state index in [9.17, 15) is 4.79 Å². The highest BCUT2D eigenvalue weighted by molar-refractivity contribution is 5.75. The monoisotopic (exact) mass is 265 g/mol. The Hall–Kier alpha value is -1.46. The Morgan fingerprint density at radius 1 is 1.42 bits per heavy atom. The van der Waals surface area contributed by atoms with E-state index in [-0.39, 0.29) is 5.91 Å². The molecule has 0 unspecified atom stereocenters. The van der Waals surface area contributed by atoms with E-state index < -0.39 is 0 Å². The Bertz CT molecular complexity index is 344. The van der Waals surface area contributed by atoms with Gasteiger partial charge in [0.05, 0.1) is 6.61 Å². The molecule has 0 spiro atoms. The predicted octanol–water partition coefficient (Wildman–Crippen LogP) is 1.10. The number of amides is 1. The Balaban J connectivity index is 1.92. The van der Waals surface area contributed by atoms with Crippen LogP contribution in [0.1, 0.15) is 25.3 Å². The van der Waals surface area contributed by atoms with Gasteiger partial charge >= 0.3 is 0 Å². The molecule has 0 radical (unpaired) electrons. The second-order valence-corrected chi connectivity index (χ2v) is 4.19. The Labute approximate surface area is 114 Å². The molecule has 1 heterocycles. The molecular weight excluding hydrogens is 242 g/mol. The minimum Gasteiger partial charge on any atom is -0.381 e. The number of rotatable bonds is 10. The van der Waals surface area contributed by atoms with E-state index in [0.717, 1.165) is 19.5 Å². The van der Waals surface area contributed by atoms with Crippen molar-refractivity contribution in [3.05, 3.63) is 30.1 Å². The number of hydrogen-bond donors (Lipinski definition) is 2. The van der Waals surface area contributed by atoms with E-state index in [1.807, 2.05) is 25.3 Å². The third-order valence-corrected chi connectivity index (χ3v) is 2.58. The first kappa shape index (κ1) is 15.6. The molecule has 0 fully saturated rings. The van der Waals surface area contributed by atoms with Gasteiger partial charge in [-0.2, -0.15) is 0 Å². The predicted molar refractivity (Wildman–Crippen MR) is 74.7 cm³/mol. The summed E-state index contributed by atoms with van der Waals surface area (Å²) in [6, 6.07) is 3.96. The fourth-order valence-corrected chi connectivity index (χ4v) is 1.57. The fraction of sp³-hybridized carbons (Fsp3) is 0.571. The average Bonchev–Trinajstić information content (AvgIpc) is 2.44. The van der Waals surface area contributed by atoms with Crippen molar-refractivity contribution in [1.82, 2.24) is 15.6 Å². The summed E-state index contributed by atoms with van der Waals surface area (Å²) in [6.07, 6.45) is 4.97. The second kappa shape index (κ2) is 10.5. The molecule has 19 heavy (non-hydrogen) atoms. The fourth-order valence-electron chi connectivity index (χ4n) is 1.57. The second-order valence-electron chi connectivity index (χ2n) is 4.19. The van der Waals surface area contributed by atoms with Gasteiger partial charge in [0.1, 0.15) is 0 Å². The van der Waals surface area contributed by atoms with Gasteiger partial charge in [-0.25, -0.2) is 0 Å². The first-order valence-electron chi connectivity index (χ1n) is 6.77. The maximum atomic E-state index is 11.4. The van der Waals surface area contributed by atoms with Crippen molar-refractivity contribution in [2.24, 2.45) is 0 Å². The quantitative estimate of drug-likeness (QED) is 0.622. The van der Waals surface area contributed by atoms with Crippen LogP contribution < -0.4 is 10.6 Å². The van der Waals surface area contributed by atoms with Crippen LogP contribution in [0.4, 0.5) is 0 Å². The number of carbonyl (C=O) groups is 1. The maximum absolute atomic E-state index is 11.4. The molecule has 106 valence electrons. The zero-order chi connectivity index (χ0) is 13.8. The van der Waals surface area contributed by atoms with Crippen molar-refractivity contribution >= 4 is 5.91 Å². The first-order chi connectivity index (χ1) is 9.33. The van der Waals surface area contributed by atoms with Crippen LogP contribution in [-0.2, 0) is 16.1 Å². The topological polar surface area (TPSA) is 63.2 Å². The van der Waals surface area contributed by atoms with E-state index >= 15 is 0 Å². The minimum absolute atomic E-state index is 0.0562. The molecule has 0 aliphatic carbocycles. The summed E-state index contributed by atoms with van der Waals surface area (Å²) < 4.78 is 5.12. The zero-order valence-electron chi connectivity index (χ0n) is 11.5. The Kier molecular flexibility index (Phi) is 8.59. The van der Waals surface area contributed by atoms with Crippen LogP contribution >= 0.6 is 0 Å². The molecular formula is C14H23N3O2. The number of aromatic nitrogens is 1. The molecule has 0 atom stereocenters. The van der Waals surface area contributed by atoms with Gasteiger partial charge in [0.2, 0.25) is 5.91 Å². The molecule has 0 bridgehead atoms. The summed E-state index contributed by atoms with van der Waals surface area (Å²) in [5.74, 6) is 0.0562. The summed E-state index contributed by atoms with van der Waals surface area (Å²) in [5.41, 5.74) is 1.17. The Morgan fingerprint density at radius 2 is 2.32 bits per heavy atom. The van der Waals surface area contributed by atoms with Crippen LogP contribution in [0, 0.1) is 0 Å². The molecule has 1 aromatic heterocycles. The van der Waals surface area contributed by atoms with Crippen LogP contribution in [0.2, 0.25) is 0 Å².